The molecule has 106 valence electrons. The summed E-state index contributed by atoms with van der Waals surface area (Å²) in [6, 6.07) is 6.40. The van der Waals surface area contributed by atoms with Gasteiger partial charge in [0.05, 0.1) is 11.1 Å². The molecule has 0 amide bonds. The number of hydrogen-bond donors (Lipinski definition) is 0. The Kier molecular flexibility index (Phi) is 2.53. The van der Waals surface area contributed by atoms with Gasteiger partial charge in [-0.25, -0.2) is 9.59 Å². The van der Waals surface area contributed by atoms with Crippen LogP contribution in [-0.4, -0.2) is 24.1 Å². The molecular formula is C16H18O4. The molecule has 1 aromatic rings. The van der Waals surface area contributed by atoms with Crippen molar-refractivity contribution in [2.24, 2.45) is 10.8 Å². The van der Waals surface area contributed by atoms with Crippen molar-refractivity contribution in [3.63, 3.8) is 0 Å². The largest absolute Gasteiger partial charge is 0.457 e. The summed E-state index contributed by atoms with van der Waals surface area (Å²) in [5, 5.41) is 0. The van der Waals surface area contributed by atoms with Crippen molar-refractivity contribution in [1.82, 2.24) is 0 Å². The van der Waals surface area contributed by atoms with E-state index in [4.69, 9.17) is 9.47 Å². The number of benzene rings is 1. The summed E-state index contributed by atoms with van der Waals surface area (Å²) in [6.45, 7) is 7.85. The fraction of sp³-hybridized carbons (Fsp3) is 0.500. The van der Waals surface area contributed by atoms with Gasteiger partial charge < -0.3 is 9.47 Å². The Morgan fingerprint density at radius 2 is 1.05 bits per heavy atom. The number of carbonyl (C=O) groups is 2. The third-order valence-corrected chi connectivity index (χ3v) is 4.51. The summed E-state index contributed by atoms with van der Waals surface area (Å²) in [7, 11) is 0. The Labute approximate surface area is 118 Å². The Hall–Kier alpha value is -1.84. The van der Waals surface area contributed by atoms with Gasteiger partial charge in [0.25, 0.3) is 0 Å². The maximum atomic E-state index is 12.2. The van der Waals surface area contributed by atoms with Gasteiger partial charge in [-0.05, 0) is 24.3 Å². The van der Waals surface area contributed by atoms with Crippen LogP contribution in [0.15, 0.2) is 24.3 Å². The molecular weight excluding hydrogens is 256 g/mol. The van der Waals surface area contributed by atoms with Crippen LogP contribution in [0.4, 0.5) is 0 Å². The van der Waals surface area contributed by atoms with Crippen LogP contribution in [0.3, 0.4) is 0 Å². The second-order valence-corrected chi connectivity index (χ2v) is 6.79. The van der Waals surface area contributed by atoms with E-state index < -0.39 is 0 Å². The van der Waals surface area contributed by atoms with Gasteiger partial charge in [-0.3, -0.25) is 0 Å². The van der Waals surface area contributed by atoms with Gasteiger partial charge in [-0.2, -0.15) is 0 Å². The fourth-order valence-corrected chi connectivity index (χ4v) is 3.80. The molecule has 0 spiro atoms. The Morgan fingerprint density at radius 3 is 1.35 bits per heavy atom. The number of hydrogen-bond acceptors (Lipinski definition) is 4. The second-order valence-electron chi connectivity index (χ2n) is 6.79. The first kappa shape index (κ1) is 13.2. The molecule has 1 saturated carbocycles. The molecule has 4 heterocycles. The molecule has 4 heteroatoms. The molecule has 1 aromatic carbocycles. The normalized spacial score (nSPS) is 29.8. The Bertz CT molecular complexity index is 518. The average Bonchev–Trinajstić information content (AvgIpc) is 2.44. The molecule has 4 nitrogen and oxygen atoms in total. The molecule has 1 aliphatic carbocycles. The molecule has 0 atom stereocenters. The van der Waals surface area contributed by atoms with Crippen molar-refractivity contribution in [3.8, 4) is 0 Å². The highest BCUT2D eigenvalue weighted by atomic mass is 16.6. The molecule has 0 aromatic heterocycles. The van der Waals surface area contributed by atoms with Gasteiger partial charge in [-0.1, -0.05) is 27.7 Å². The first-order chi connectivity index (χ1) is 9.24. The zero-order chi connectivity index (χ0) is 14.7. The maximum absolute atomic E-state index is 12.2. The summed E-state index contributed by atoms with van der Waals surface area (Å²) in [5.41, 5.74) is 0.136. The van der Waals surface area contributed by atoms with E-state index in [1.54, 1.807) is 24.3 Å². The first-order valence-electron chi connectivity index (χ1n) is 6.76. The molecule has 4 bridgehead atoms. The van der Waals surface area contributed by atoms with Gasteiger partial charge >= 0.3 is 11.9 Å². The number of esters is 2. The lowest BCUT2D eigenvalue weighted by Gasteiger charge is -2.61. The molecule has 20 heavy (non-hydrogen) atoms. The molecule has 0 unspecified atom stereocenters. The Morgan fingerprint density at radius 1 is 0.750 bits per heavy atom. The van der Waals surface area contributed by atoms with Gasteiger partial charge in [-0.15, -0.1) is 0 Å². The van der Waals surface area contributed by atoms with Crippen LogP contribution in [0.1, 0.15) is 48.4 Å². The van der Waals surface area contributed by atoms with Crippen molar-refractivity contribution >= 4 is 11.9 Å². The Balaban J connectivity index is 2.09. The quantitative estimate of drug-likeness (QED) is 0.683. The third kappa shape index (κ3) is 1.60. The monoisotopic (exact) mass is 274 g/mol. The summed E-state index contributed by atoms with van der Waals surface area (Å²) in [6.07, 6.45) is -0.562. The van der Waals surface area contributed by atoms with Crippen molar-refractivity contribution < 1.29 is 19.1 Å². The average molecular weight is 274 g/mol. The van der Waals surface area contributed by atoms with Gasteiger partial charge in [0, 0.05) is 10.8 Å². The van der Waals surface area contributed by atoms with Crippen LogP contribution in [0.25, 0.3) is 0 Å². The zero-order valence-electron chi connectivity index (χ0n) is 12.1. The van der Waals surface area contributed by atoms with Gasteiger partial charge in [0.1, 0.15) is 12.2 Å². The van der Waals surface area contributed by atoms with Gasteiger partial charge in [0.2, 0.25) is 0 Å². The van der Waals surface area contributed by atoms with E-state index in [-0.39, 0.29) is 35.0 Å². The minimum atomic E-state index is -0.389. The van der Waals surface area contributed by atoms with E-state index in [1.165, 1.54) is 0 Å². The van der Waals surface area contributed by atoms with Gasteiger partial charge in [0.15, 0.2) is 0 Å². The van der Waals surface area contributed by atoms with Crippen LogP contribution in [0, 0.1) is 10.8 Å². The summed E-state index contributed by atoms with van der Waals surface area (Å²) >= 11 is 0. The SMILES string of the molecule is CC1(C)C2OC(=O)c3ccc(cc3)C(=O)OC1C2(C)C. The molecule has 6 rings (SSSR count). The van der Waals surface area contributed by atoms with Crippen molar-refractivity contribution in [2.75, 3.05) is 0 Å². The van der Waals surface area contributed by atoms with Crippen molar-refractivity contribution in [1.29, 1.82) is 0 Å². The fourth-order valence-electron chi connectivity index (χ4n) is 3.80. The highest BCUT2D eigenvalue weighted by molar-refractivity contribution is 5.94. The van der Waals surface area contributed by atoms with Crippen molar-refractivity contribution in [3.05, 3.63) is 35.4 Å². The summed E-state index contributed by atoms with van der Waals surface area (Å²) in [5.74, 6) is -0.703. The maximum Gasteiger partial charge on any atom is 0.338 e. The topological polar surface area (TPSA) is 52.6 Å². The van der Waals surface area contributed by atoms with E-state index in [0.717, 1.165) is 0 Å². The lowest BCUT2D eigenvalue weighted by Crippen LogP contribution is -2.69. The van der Waals surface area contributed by atoms with E-state index >= 15 is 0 Å². The molecule has 5 aliphatic rings. The van der Waals surface area contributed by atoms with Crippen LogP contribution in [-0.2, 0) is 9.47 Å². The lowest BCUT2D eigenvalue weighted by molar-refractivity contribution is -0.246. The van der Waals surface area contributed by atoms with E-state index in [9.17, 15) is 9.59 Å². The highest BCUT2D eigenvalue weighted by Crippen LogP contribution is 2.57. The van der Waals surface area contributed by atoms with Crippen molar-refractivity contribution in [2.45, 2.75) is 39.9 Å². The number of rotatable bonds is 0. The second kappa shape index (κ2) is 3.84. The molecule has 1 fully saturated rings. The predicted octanol–water partition coefficient (Wildman–Crippen LogP) is 2.82. The molecule has 4 aliphatic heterocycles. The number of carbonyl (C=O) groups excluding carboxylic acids is 2. The minimum absolute atomic E-state index is 0.281. The predicted molar refractivity (Wildman–Crippen MR) is 72.4 cm³/mol. The lowest BCUT2D eigenvalue weighted by atomic mass is 9.51. The minimum Gasteiger partial charge on any atom is -0.457 e. The smallest absolute Gasteiger partial charge is 0.338 e. The van der Waals surface area contributed by atoms with E-state index in [1.807, 2.05) is 27.7 Å². The standard InChI is InChI=1S/C16H18O4/c1-15(2)13-16(3,4)14(15)20-12(18)10-6-5-9(7-8-10)11(17)19-13/h5-8,13-14H,1-4H3. The van der Waals surface area contributed by atoms with E-state index in [0.29, 0.717) is 11.1 Å². The molecule has 0 radical (unpaired) electrons. The molecule has 0 N–H and O–H groups in total. The third-order valence-electron chi connectivity index (χ3n) is 4.51. The summed E-state index contributed by atoms with van der Waals surface area (Å²) < 4.78 is 11.3. The summed E-state index contributed by atoms with van der Waals surface area (Å²) in [4.78, 5) is 24.4. The first-order valence-corrected chi connectivity index (χ1v) is 6.76. The number of ether oxygens (including phenoxy) is 2. The highest BCUT2D eigenvalue weighted by Gasteiger charge is 2.66. The van der Waals surface area contributed by atoms with Crippen LogP contribution < -0.4 is 0 Å². The molecule has 0 saturated heterocycles. The van der Waals surface area contributed by atoms with E-state index in [2.05, 4.69) is 0 Å². The van der Waals surface area contributed by atoms with Crippen LogP contribution in [0.2, 0.25) is 0 Å². The zero-order valence-corrected chi connectivity index (χ0v) is 12.1. The van der Waals surface area contributed by atoms with Crippen LogP contribution >= 0.6 is 0 Å². The van der Waals surface area contributed by atoms with Crippen LogP contribution in [0.5, 0.6) is 0 Å².